The van der Waals surface area contributed by atoms with Crippen molar-refractivity contribution in [1.29, 1.82) is 0 Å². The van der Waals surface area contributed by atoms with Gasteiger partial charge in [-0.15, -0.1) is 0 Å². The van der Waals surface area contributed by atoms with Crippen LogP contribution in [0.1, 0.15) is 32.0 Å². The highest BCUT2D eigenvalue weighted by atomic mass is 32.1. The number of thiocarbonyl (C=S) groups is 1. The van der Waals surface area contributed by atoms with Gasteiger partial charge in [-0.3, -0.25) is 15.1 Å². The van der Waals surface area contributed by atoms with Gasteiger partial charge in [-0.05, 0) is 12.1 Å². The molecule has 21 heavy (non-hydrogen) atoms. The van der Waals surface area contributed by atoms with Gasteiger partial charge in [0.25, 0.3) is 5.69 Å². The average molecular weight is 303 g/mol. The second-order valence-electron chi connectivity index (χ2n) is 5.84. The Morgan fingerprint density at radius 3 is 2.52 bits per heavy atom. The first-order valence-corrected chi connectivity index (χ1v) is 6.96. The van der Waals surface area contributed by atoms with E-state index in [1.54, 1.807) is 13.1 Å². The van der Waals surface area contributed by atoms with E-state index in [-0.39, 0.29) is 11.1 Å². The summed E-state index contributed by atoms with van der Waals surface area (Å²) in [6.07, 6.45) is 0. The number of non-ortho nitro benzene ring substituents is 1. The molecule has 2 rings (SSSR count). The number of nitro groups is 1. The third-order valence-corrected chi connectivity index (χ3v) is 3.67. The van der Waals surface area contributed by atoms with Crippen LogP contribution >= 0.6 is 12.2 Å². The first-order chi connectivity index (χ1) is 9.74. The lowest BCUT2D eigenvalue weighted by Gasteiger charge is -2.20. The molecule has 6 heteroatoms. The van der Waals surface area contributed by atoms with Gasteiger partial charge in [0, 0.05) is 41.2 Å². The Bertz CT molecular complexity index is 736. The van der Waals surface area contributed by atoms with Gasteiger partial charge in [0.15, 0.2) is 0 Å². The largest absolute Gasteiger partial charge is 0.379 e. The van der Waals surface area contributed by atoms with E-state index >= 15 is 0 Å². The fraction of sp³-hybridized carbons (Fsp3) is 0.333. The Morgan fingerprint density at radius 1 is 1.33 bits per heavy atom. The molecule has 0 atom stereocenters. The number of fused-ring (bicyclic) bond motifs is 1. The highest BCUT2D eigenvalue weighted by molar-refractivity contribution is 7.80. The Balaban J connectivity index is 2.81. The highest BCUT2D eigenvalue weighted by Crippen LogP contribution is 2.28. The maximum atomic E-state index is 11.0. The molecule has 0 aliphatic heterocycles. The summed E-state index contributed by atoms with van der Waals surface area (Å²) < 4.78 is 0. The third-order valence-electron chi connectivity index (χ3n) is 3.24. The van der Waals surface area contributed by atoms with Crippen LogP contribution in [-0.2, 0) is 5.41 Å². The van der Waals surface area contributed by atoms with Crippen LogP contribution in [0, 0.1) is 10.1 Å². The van der Waals surface area contributed by atoms with Crippen LogP contribution in [0.4, 0.5) is 5.69 Å². The van der Waals surface area contributed by atoms with E-state index in [0.717, 1.165) is 11.3 Å². The summed E-state index contributed by atoms with van der Waals surface area (Å²) in [4.78, 5) is 15.7. The topological polar surface area (TPSA) is 68.1 Å². The summed E-state index contributed by atoms with van der Waals surface area (Å²) in [6.45, 7) is 6.20. The van der Waals surface area contributed by atoms with E-state index in [9.17, 15) is 10.1 Å². The summed E-state index contributed by atoms with van der Waals surface area (Å²) in [5.74, 6) is 0. The molecule has 1 aromatic heterocycles. The number of hydrogen-bond donors (Lipinski definition) is 1. The van der Waals surface area contributed by atoms with E-state index in [1.807, 2.05) is 6.07 Å². The van der Waals surface area contributed by atoms with Gasteiger partial charge in [0.1, 0.15) is 4.99 Å². The lowest BCUT2D eigenvalue weighted by atomic mass is 9.89. The minimum absolute atomic E-state index is 0.0351. The predicted octanol–water partition coefficient (Wildman–Crippen LogP) is 3.34. The highest BCUT2D eigenvalue weighted by Gasteiger charge is 2.20. The molecular weight excluding hydrogens is 286 g/mol. The van der Waals surface area contributed by atoms with E-state index in [4.69, 9.17) is 12.2 Å². The second kappa shape index (κ2) is 5.37. The molecule has 0 saturated heterocycles. The van der Waals surface area contributed by atoms with E-state index in [0.29, 0.717) is 15.9 Å². The zero-order chi connectivity index (χ0) is 15.8. The number of benzene rings is 1. The van der Waals surface area contributed by atoms with Crippen molar-refractivity contribution < 1.29 is 4.92 Å². The monoisotopic (exact) mass is 303 g/mol. The van der Waals surface area contributed by atoms with Gasteiger partial charge < -0.3 is 5.32 Å². The summed E-state index contributed by atoms with van der Waals surface area (Å²) in [6, 6.07) is 6.57. The van der Waals surface area contributed by atoms with Gasteiger partial charge in [0.05, 0.1) is 10.4 Å². The molecule has 0 aliphatic rings. The molecule has 5 nitrogen and oxygen atoms in total. The molecule has 0 amide bonds. The molecule has 0 spiro atoms. The zero-order valence-electron chi connectivity index (χ0n) is 12.4. The average Bonchev–Trinajstić information content (AvgIpc) is 2.43. The molecule has 0 radical (unpaired) electrons. The van der Waals surface area contributed by atoms with Crippen molar-refractivity contribution >= 4 is 33.8 Å². The molecule has 110 valence electrons. The van der Waals surface area contributed by atoms with Crippen LogP contribution in [0.5, 0.6) is 0 Å². The van der Waals surface area contributed by atoms with Gasteiger partial charge in [-0.25, -0.2) is 0 Å². The van der Waals surface area contributed by atoms with Crippen LogP contribution in [0.3, 0.4) is 0 Å². The van der Waals surface area contributed by atoms with Crippen molar-refractivity contribution in [1.82, 2.24) is 10.3 Å². The Labute approximate surface area is 128 Å². The SMILES string of the molecule is CNC(=S)c1cc(C(C)(C)C)nc2ccc([N+](=O)[O-])cc12. The lowest BCUT2D eigenvalue weighted by molar-refractivity contribution is -0.384. The van der Waals surface area contributed by atoms with Crippen molar-refractivity contribution in [2.45, 2.75) is 26.2 Å². The quantitative estimate of drug-likeness (QED) is 0.523. The molecule has 0 aliphatic carbocycles. The Hall–Kier alpha value is -2.08. The van der Waals surface area contributed by atoms with Crippen LogP contribution < -0.4 is 5.32 Å². The number of rotatable bonds is 2. The van der Waals surface area contributed by atoms with Gasteiger partial charge in [0.2, 0.25) is 0 Å². The van der Waals surface area contributed by atoms with Crippen LogP contribution in [0.25, 0.3) is 10.9 Å². The Kier molecular flexibility index (Phi) is 3.91. The number of hydrogen-bond acceptors (Lipinski definition) is 4. The lowest BCUT2D eigenvalue weighted by Crippen LogP contribution is -2.20. The molecule has 0 unspecified atom stereocenters. The van der Waals surface area contributed by atoms with Crippen LogP contribution in [0.2, 0.25) is 0 Å². The van der Waals surface area contributed by atoms with Crippen LogP contribution in [-0.4, -0.2) is 21.9 Å². The van der Waals surface area contributed by atoms with E-state index < -0.39 is 4.92 Å². The van der Waals surface area contributed by atoms with Crippen molar-refractivity contribution in [3.05, 3.63) is 45.6 Å². The van der Waals surface area contributed by atoms with E-state index in [1.165, 1.54) is 12.1 Å². The molecule has 1 N–H and O–H groups in total. The number of aromatic nitrogens is 1. The summed E-state index contributed by atoms with van der Waals surface area (Å²) >= 11 is 5.33. The molecule has 0 bridgehead atoms. The standard InChI is InChI=1S/C15H17N3O2S/c1-15(2,3)13-8-11(14(21)16-4)10-7-9(18(19)20)5-6-12(10)17-13/h5-8H,1-4H3,(H,16,21). The molecule has 1 aromatic carbocycles. The van der Waals surface area contributed by atoms with Crippen LogP contribution in [0.15, 0.2) is 24.3 Å². The maximum Gasteiger partial charge on any atom is 0.270 e. The summed E-state index contributed by atoms with van der Waals surface area (Å²) in [5, 5.41) is 14.6. The third kappa shape index (κ3) is 3.00. The predicted molar refractivity (Wildman–Crippen MR) is 87.9 cm³/mol. The Morgan fingerprint density at radius 2 is 2.00 bits per heavy atom. The number of nitrogens with one attached hydrogen (secondary N) is 1. The van der Waals surface area contributed by atoms with Gasteiger partial charge in [-0.2, -0.15) is 0 Å². The minimum atomic E-state index is -0.413. The van der Waals surface area contributed by atoms with Crippen molar-refractivity contribution in [3.8, 4) is 0 Å². The fourth-order valence-corrected chi connectivity index (χ4v) is 2.20. The number of pyridine rings is 1. The normalized spacial score (nSPS) is 11.4. The molecule has 0 fully saturated rings. The number of nitro benzene ring substituents is 1. The van der Waals surface area contributed by atoms with Crippen molar-refractivity contribution in [2.24, 2.45) is 0 Å². The smallest absolute Gasteiger partial charge is 0.270 e. The van der Waals surface area contributed by atoms with Crippen molar-refractivity contribution in [3.63, 3.8) is 0 Å². The zero-order valence-corrected chi connectivity index (χ0v) is 13.2. The summed E-state index contributed by atoms with van der Waals surface area (Å²) in [7, 11) is 1.74. The van der Waals surface area contributed by atoms with E-state index in [2.05, 4.69) is 31.1 Å². The molecule has 0 saturated carbocycles. The molecule has 2 aromatic rings. The molecule has 1 heterocycles. The van der Waals surface area contributed by atoms with Gasteiger partial charge >= 0.3 is 0 Å². The minimum Gasteiger partial charge on any atom is -0.379 e. The first-order valence-electron chi connectivity index (χ1n) is 6.56. The fourth-order valence-electron chi connectivity index (χ4n) is 2.03. The number of nitrogens with zero attached hydrogens (tertiary/aromatic N) is 2. The summed E-state index contributed by atoms with van der Waals surface area (Å²) in [5.41, 5.74) is 2.28. The maximum absolute atomic E-state index is 11.0. The second-order valence-corrected chi connectivity index (χ2v) is 6.25. The first kappa shape index (κ1) is 15.3. The van der Waals surface area contributed by atoms with Crippen molar-refractivity contribution in [2.75, 3.05) is 7.05 Å². The molecular formula is C15H17N3O2S. The van der Waals surface area contributed by atoms with Gasteiger partial charge in [-0.1, -0.05) is 33.0 Å².